The predicted molar refractivity (Wildman–Crippen MR) is 107 cm³/mol. The first-order valence-electron chi connectivity index (χ1n) is 10.0. The fourth-order valence-corrected chi connectivity index (χ4v) is 5.08. The van der Waals surface area contributed by atoms with Gasteiger partial charge in [-0.05, 0) is 32.1 Å². The minimum atomic E-state index is -0.162. The monoisotopic (exact) mass is 428 g/mol. The molecule has 0 N–H and O–H groups in total. The highest BCUT2D eigenvalue weighted by molar-refractivity contribution is 6.33. The molecule has 7 nitrogen and oxygen atoms in total. The van der Waals surface area contributed by atoms with Crippen molar-refractivity contribution in [2.24, 2.45) is 0 Å². The Morgan fingerprint density at radius 2 is 1.75 bits per heavy atom. The molecule has 3 aliphatic rings. The Morgan fingerprint density at radius 1 is 1.14 bits per heavy atom. The molecule has 0 aliphatic carbocycles. The number of ether oxygens (including phenoxy) is 2. The molecule has 0 aromatic carbocycles. The van der Waals surface area contributed by atoms with Crippen LogP contribution in [0, 0.1) is 0 Å². The van der Waals surface area contributed by atoms with Crippen LogP contribution >= 0.6 is 23.2 Å². The number of carbonyl (C=O) groups is 1. The van der Waals surface area contributed by atoms with Crippen LogP contribution in [-0.2, 0) is 9.47 Å². The van der Waals surface area contributed by atoms with Crippen molar-refractivity contribution in [3.63, 3.8) is 0 Å². The summed E-state index contributed by atoms with van der Waals surface area (Å²) >= 11 is 12.1. The maximum atomic E-state index is 12.9. The number of hydrogen-bond donors (Lipinski definition) is 0. The maximum Gasteiger partial charge on any atom is 0.410 e. The average molecular weight is 429 g/mol. The van der Waals surface area contributed by atoms with Crippen LogP contribution in [0.5, 0.6) is 0 Å². The van der Waals surface area contributed by atoms with Crippen molar-refractivity contribution < 1.29 is 14.3 Å². The number of hydrogen-bond acceptors (Lipinski definition) is 6. The molecule has 1 aromatic rings. The second-order valence-electron chi connectivity index (χ2n) is 7.89. The number of nitrogens with zero attached hydrogens (tertiary/aromatic N) is 4. The minimum absolute atomic E-state index is 0.0237. The summed E-state index contributed by atoms with van der Waals surface area (Å²) < 4.78 is 11.2. The first-order valence-corrected chi connectivity index (χ1v) is 10.8. The molecule has 1 amide bonds. The lowest BCUT2D eigenvalue weighted by molar-refractivity contribution is -0.0343. The van der Waals surface area contributed by atoms with Gasteiger partial charge in [-0.3, -0.25) is 0 Å². The second-order valence-corrected chi connectivity index (χ2v) is 8.67. The summed E-state index contributed by atoms with van der Waals surface area (Å²) in [5.74, 6) is 0.527. The number of amides is 1. The molecule has 1 unspecified atom stereocenters. The van der Waals surface area contributed by atoms with Gasteiger partial charge in [0, 0.05) is 44.1 Å². The Labute approximate surface area is 175 Å². The number of halogens is 2. The fourth-order valence-electron chi connectivity index (χ4n) is 4.66. The van der Waals surface area contributed by atoms with Gasteiger partial charge in [-0.25, -0.2) is 14.8 Å². The standard InChI is InChI=1S/C19H26Cl2N4O3/c1-24(18-22-16(20)11-17(21)23-18)14-9-12-3-2-4-13(10-14)25(12)19(26)28-15-5-7-27-8-6-15/h11-15H,2-10H2,1H3/t12-,13+,14?. The third-order valence-electron chi connectivity index (χ3n) is 6.11. The van der Waals surface area contributed by atoms with Gasteiger partial charge in [0.15, 0.2) is 0 Å². The average Bonchev–Trinajstić information content (AvgIpc) is 2.66. The molecular weight excluding hydrogens is 403 g/mol. The van der Waals surface area contributed by atoms with Gasteiger partial charge in [-0.2, -0.15) is 0 Å². The van der Waals surface area contributed by atoms with Crippen molar-refractivity contribution >= 4 is 35.2 Å². The normalized spacial score (nSPS) is 28.1. The zero-order valence-electron chi connectivity index (χ0n) is 16.0. The van der Waals surface area contributed by atoms with Gasteiger partial charge < -0.3 is 19.3 Å². The minimum Gasteiger partial charge on any atom is -0.446 e. The summed E-state index contributed by atoms with van der Waals surface area (Å²) in [6.45, 7) is 1.33. The largest absolute Gasteiger partial charge is 0.446 e. The number of carbonyl (C=O) groups excluding carboxylic acids is 1. The first kappa shape index (κ1) is 20.0. The van der Waals surface area contributed by atoms with E-state index in [-0.39, 0.29) is 30.3 Å². The van der Waals surface area contributed by atoms with Crippen LogP contribution in [0.25, 0.3) is 0 Å². The van der Waals surface area contributed by atoms with Gasteiger partial charge in [0.05, 0.1) is 13.2 Å². The van der Waals surface area contributed by atoms with Crippen LogP contribution in [0.2, 0.25) is 10.3 Å². The van der Waals surface area contributed by atoms with E-state index in [2.05, 4.69) is 9.97 Å². The van der Waals surface area contributed by atoms with Crippen LogP contribution in [0.1, 0.15) is 44.9 Å². The molecule has 0 saturated carbocycles. The third kappa shape index (κ3) is 4.31. The van der Waals surface area contributed by atoms with E-state index < -0.39 is 0 Å². The number of aromatic nitrogens is 2. The van der Waals surface area contributed by atoms with Crippen molar-refractivity contribution in [1.29, 1.82) is 0 Å². The Morgan fingerprint density at radius 3 is 2.36 bits per heavy atom. The number of piperidine rings is 2. The summed E-state index contributed by atoms with van der Waals surface area (Å²) in [5, 5.41) is 0.666. The molecule has 2 bridgehead atoms. The second kappa shape index (κ2) is 8.59. The molecule has 28 heavy (non-hydrogen) atoms. The highest BCUT2D eigenvalue weighted by Crippen LogP contribution is 2.37. The van der Waals surface area contributed by atoms with Gasteiger partial charge in [-0.15, -0.1) is 0 Å². The van der Waals surface area contributed by atoms with Gasteiger partial charge in [0.25, 0.3) is 0 Å². The molecule has 4 heterocycles. The lowest BCUT2D eigenvalue weighted by Gasteiger charge is -2.50. The highest BCUT2D eigenvalue weighted by atomic mass is 35.5. The van der Waals surface area contributed by atoms with Gasteiger partial charge in [-0.1, -0.05) is 23.2 Å². The summed E-state index contributed by atoms with van der Waals surface area (Å²) in [6, 6.07) is 2.13. The van der Waals surface area contributed by atoms with Crippen molar-refractivity contribution in [1.82, 2.24) is 14.9 Å². The highest BCUT2D eigenvalue weighted by Gasteiger charge is 2.43. The summed E-state index contributed by atoms with van der Waals surface area (Å²) in [7, 11) is 1.97. The topological polar surface area (TPSA) is 67.8 Å². The quantitative estimate of drug-likeness (QED) is 0.679. The predicted octanol–water partition coefficient (Wildman–Crippen LogP) is 3.92. The summed E-state index contributed by atoms with van der Waals surface area (Å²) in [5.41, 5.74) is 0. The van der Waals surface area contributed by atoms with E-state index in [1.807, 2.05) is 16.8 Å². The van der Waals surface area contributed by atoms with Crippen LogP contribution in [0.4, 0.5) is 10.7 Å². The van der Waals surface area contributed by atoms with Gasteiger partial charge in [0.1, 0.15) is 16.4 Å². The Kier molecular flexibility index (Phi) is 6.13. The molecule has 9 heteroatoms. The third-order valence-corrected chi connectivity index (χ3v) is 6.50. The zero-order chi connectivity index (χ0) is 19.7. The van der Waals surface area contributed by atoms with Crippen molar-refractivity contribution in [2.45, 2.75) is 69.2 Å². The van der Waals surface area contributed by atoms with E-state index in [9.17, 15) is 4.79 Å². The SMILES string of the molecule is CN(c1nc(Cl)cc(Cl)n1)C1C[C@H]2CCC[C@@H](C1)N2C(=O)OC1CCOCC1. The van der Waals surface area contributed by atoms with Gasteiger partial charge in [0.2, 0.25) is 5.95 Å². The lowest BCUT2D eigenvalue weighted by Crippen LogP contribution is -2.59. The Hall–Kier alpha value is -1.31. The van der Waals surface area contributed by atoms with E-state index in [1.54, 1.807) is 0 Å². The van der Waals surface area contributed by atoms with Crippen LogP contribution in [-0.4, -0.2) is 65.5 Å². The molecule has 1 aromatic heterocycles. The molecule has 154 valence electrons. The summed E-state index contributed by atoms with van der Waals surface area (Å²) in [6.07, 6.45) is 6.26. The van der Waals surface area contributed by atoms with Crippen LogP contribution in [0.15, 0.2) is 6.07 Å². The molecule has 3 atom stereocenters. The molecular formula is C19H26Cl2N4O3. The van der Waals surface area contributed by atoms with Gasteiger partial charge >= 0.3 is 6.09 Å². The van der Waals surface area contributed by atoms with E-state index in [0.717, 1.165) is 44.9 Å². The first-order chi connectivity index (χ1) is 13.5. The van der Waals surface area contributed by atoms with E-state index in [0.29, 0.717) is 29.5 Å². The fraction of sp³-hybridized carbons (Fsp3) is 0.737. The van der Waals surface area contributed by atoms with Crippen LogP contribution in [0.3, 0.4) is 0 Å². The van der Waals surface area contributed by atoms with Crippen LogP contribution < -0.4 is 4.90 Å². The Bertz CT molecular complexity index is 682. The van der Waals surface area contributed by atoms with Crippen molar-refractivity contribution in [3.05, 3.63) is 16.4 Å². The van der Waals surface area contributed by atoms with Crippen molar-refractivity contribution in [3.8, 4) is 0 Å². The zero-order valence-corrected chi connectivity index (χ0v) is 17.5. The molecule has 3 aliphatic heterocycles. The molecule has 0 radical (unpaired) electrons. The van der Waals surface area contributed by atoms with E-state index in [1.165, 1.54) is 6.07 Å². The number of rotatable bonds is 3. The molecule has 3 saturated heterocycles. The number of anilines is 1. The van der Waals surface area contributed by atoms with E-state index in [4.69, 9.17) is 32.7 Å². The molecule has 4 rings (SSSR count). The maximum absolute atomic E-state index is 12.9. The smallest absolute Gasteiger partial charge is 0.410 e. The van der Waals surface area contributed by atoms with E-state index >= 15 is 0 Å². The van der Waals surface area contributed by atoms with Crippen molar-refractivity contribution in [2.75, 3.05) is 25.2 Å². The molecule has 0 spiro atoms. The summed E-state index contributed by atoms with van der Waals surface area (Å²) in [4.78, 5) is 25.6. The number of fused-ring (bicyclic) bond motifs is 2. The Balaban J connectivity index is 1.44. The molecule has 3 fully saturated rings. The lowest BCUT2D eigenvalue weighted by atomic mass is 9.81.